The highest BCUT2D eigenvalue weighted by Crippen LogP contribution is 2.59. The molecule has 5 nitrogen and oxygen atoms in total. The van der Waals surface area contributed by atoms with Crippen LogP contribution in [0.15, 0.2) is 44.5 Å². The molecule has 0 saturated heterocycles. The monoisotopic (exact) mass is 561 g/mol. The van der Waals surface area contributed by atoms with E-state index < -0.39 is 63.7 Å². The number of amidine groups is 1. The van der Waals surface area contributed by atoms with E-state index >= 15 is 0 Å². The number of halogens is 11. The Morgan fingerprint density at radius 3 is 1.97 bits per heavy atom. The molecule has 0 atom stereocenters. The fourth-order valence-electron chi connectivity index (χ4n) is 2.27. The molecule has 32 heavy (non-hydrogen) atoms. The highest BCUT2D eigenvalue weighted by atomic mass is 79.9. The van der Waals surface area contributed by atoms with Gasteiger partial charge in [-0.3, -0.25) is 15.4 Å². The van der Waals surface area contributed by atoms with Gasteiger partial charge in [-0.05, 0) is 28.1 Å². The number of nitrogens with one attached hydrogen (secondary N) is 2. The summed E-state index contributed by atoms with van der Waals surface area (Å²) in [7, 11) is 0. The number of allylic oxidation sites excluding steroid dienone is 1. The van der Waals surface area contributed by atoms with Crippen LogP contribution in [0.2, 0.25) is 0 Å². The second-order valence-corrected chi connectivity index (χ2v) is 7.61. The Kier molecular flexibility index (Phi) is 6.95. The van der Waals surface area contributed by atoms with E-state index in [4.69, 9.17) is 0 Å². The number of aliphatic imine (C=N–C) groups is 1. The number of carbonyl (C=O) groups is 2. The maximum absolute atomic E-state index is 13.6. The van der Waals surface area contributed by atoms with Crippen LogP contribution in [0.4, 0.5) is 48.7 Å². The lowest BCUT2D eigenvalue weighted by molar-refractivity contribution is -0.280. The number of urea groups is 1. The summed E-state index contributed by atoms with van der Waals surface area (Å²) in [5.41, 5.74) is -5.80. The fourth-order valence-corrected chi connectivity index (χ4v) is 3.89. The standard InChI is InChI=1S/C15H6BrF10N3O2S/c16-6-4-2-1-3-5(6)9(30)27-10(31)28-11-29-12(14(21,22)23,15(24,25)26)8(32-11)7(17)13(18,19)20/h1-4H,(H2,27,28,29,30,31)/b8-7+. The predicted octanol–water partition coefficient (Wildman–Crippen LogP) is 5.60. The average molecular weight is 562 g/mol. The van der Waals surface area contributed by atoms with Crippen molar-refractivity contribution >= 4 is 44.8 Å². The van der Waals surface area contributed by atoms with Crippen LogP contribution in [-0.2, 0) is 0 Å². The van der Waals surface area contributed by atoms with E-state index in [1.807, 2.05) is 0 Å². The summed E-state index contributed by atoms with van der Waals surface area (Å²) in [4.78, 5) is 23.1. The minimum atomic E-state index is -6.57. The van der Waals surface area contributed by atoms with Crippen molar-refractivity contribution in [3.8, 4) is 0 Å². The van der Waals surface area contributed by atoms with E-state index in [9.17, 15) is 53.5 Å². The molecule has 0 aliphatic carbocycles. The number of amides is 3. The highest BCUT2D eigenvalue weighted by molar-refractivity contribution is 9.10. The maximum Gasteiger partial charge on any atom is 0.443 e. The molecule has 0 saturated carbocycles. The maximum atomic E-state index is 13.6. The van der Waals surface area contributed by atoms with E-state index in [1.165, 1.54) is 34.9 Å². The smallest absolute Gasteiger partial charge is 0.286 e. The molecule has 0 unspecified atom stereocenters. The summed E-state index contributed by atoms with van der Waals surface area (Å²) in [5.74, 6) is -4.86. The zero-order valence-corrected chi connectivity index (χ0v) is 17.0. The van der Waals surface area contributed by atoms with E-state index in [0.717, 1.165) is 0 Å². The van der Waals surface area contributed by atoms with Crippen molar-refractivity contribution in [3.63, 3.8) is 0 Å². The van der Waals surface area contributed by atoms with Crippen molar-refractivity contribution in [1.29, 1.82) is 0 Å². The van der Waals surface area contributed by atoms with Gasteiger partial charge >= 0.3 is 24.6 Å². The van der Waals surface area contributed by atoms with Crippen molar-refractivity contribution in [2.45, 2.75) is 24.1 Å². The van der Waals surface area contributed by atoms with Gasteiger partial charge in [0.2, 0.25) is 5.83 Å². The molecule has 1 aliphatic rings. The lowest BCUT2D eigenvalue weighted by atomic mass is 9.97. The lowest BCUT2D eigenvalue weighted by Crippen LogP contribution is -2.55. The van der Waals surface area contributed by atoms with Gasteiger partial charge < -0.3 is 0 Å². The molecule has 3 amide bonds. The van der Waals surface area contributed by atoms with Crippen LogP contribution in [0.5, 0.6) is 0 Å². The third kappa shape index (κ3) is 4.87. The minimum absolute atomic E-state index is 0.156. The van der Waals surface area contributed by atoms with Crippen LogP contribution in [0.3, 0.4) is 0 Å². The number of rotatable bonds is 1. The Labute approximate surface area is 183 Å². The van der Waals surface area contributed by atoms with Crippen LogP contribution in [0, 0.1) is 0 Å². The average Bonchev–Trinajstić information content (AvgIpc) is 3.00. The molecule has 1 aliphatic heterocycles. The molecule has 1 aromatic carbocycles. The number of thioether (sulfide) groups is 1. The second kappa shape index (κ2) is 8.57. The first-order chi connectivity index (χ1) is 14.4. The first kappa shape index (κ1) is 26.0. The number of hydrogen-bond acceptors (Lipinski definition) is 4. The van der Waals surface area contributed by atoms with E-state index in [0.29, 0.717) is 0 Å². The van der Waals surface area contributed by atoms with Crippen molar-refractivity contribution < 1.29 is 53.5 Å². The van der Waals surface area contributed by atoms with E-state index in [-0.39, 0.29) is 10.0 Å². The van der Waals surface area contributed by atoms with Gasteiger partial charge in [-0.25, -0.2) is 14.2 Å². The summed E-state index contributed by atoms with van der Waals surface area (Å²) < 4.78 is 131. The van der Waals surface area contributed by atoms with Crippen LogP contribution in [0.1, 0.15) is 10.4 Å². The van der Waals surface area contributed by atoms with Crippen molar-refractivity contribution in [2.24, 2.45) is 4.99 Å². The number of carbonyl (C=O) groups excluding carboxylic acids is 2. The molecule has 0 radical (unpaired) electrons. The fraction of sp³-hybridized carbons (Fsp3) is 0.267. The first-order valence-corrected chi connectivity index (χ1v) is 9.28. The molecule has 17 heteroatoms. The minimum Gasteiger partial charge on any atom is -0.286 e. The molecule has 0 aromatic heterocycles. The molecule has 1 aromatic rings. The number of hydrogen-bond donors (Lipinski definition) is 2. The lowest BCUT2D eigenvalue weighted by Gasteiger charge is -2.31. The van der Waals surface area contributed by atoms with Gasteiger partial charge in [0.1, 0.15) is 0 Å². The Balaban J connectivity index is 2.44. The molecule has 0 bridgehead atoms. The second-order valence-electron chi connectivity index (χ2n) is 5.75. The van der Waals surface area contributed by atoms with Gasteiger partial charge in [0.25, 0.3) is 11.4 Å². The van der Waals surface area contributed by atoms with Crippen LogP contribution < -0.4 is 10.6 Å². The summed E-state index contributed by atoms with van der Waals surface area (Å²) in [6, 6.07) is 3.64. The Hall–Kier alpha value is -2.30. The Morgan fingerprint density at radius 1 is 0.969 bits per heavy atom. The van der Waals surface area contributed by atoms with Crippen LogP contribution >= 0.6 is 27.7 Å². The van der Waals surface area contributed by atoms with Crippen LogP contribution in [0.25, 0.3) is 0 Å². The largest absolute Gasteiger partial charge is 0.443 e. The third-order valence-electron chi connectivity index (χ3n) is 3.63. The normalized spacial score (nSPS) is 18.2. The van der Waals surface area contributed by atoms with Gasteiger partial charge in [-0.2, -0.15) is 39.5 Å². The Bertz CT molecular complexity index is 986. The number of benzene rings is 1. The third-order valence-corrected chi connectivity index (χ3v) is 5.39. The van der Waals surface area contributed by atoms with Gasteiger partial charge in [0.05, 0.1) is 10.5 Å². The molecule has 0 spiro atoms. The summed E-state index contributed by atoms with van der Waals surface area (Å²) in [5, 5.41) is 1.15. The number of nitrogens with zero attached hydrogens (tertiary/aromatic N) is 1. The molecular weight excluding hydrogens is 556 g/mol. The predicted molar refractivity (Wildman–Crippen MR) is 94.2 cm³/mol. The Morgan fingerprint density at radius 2 is 1.50 bits per heavy atom. The first-order valence-electron chi connectivity index (χ1n) is 7.67. The summed E-state index contributed by atoms with van der Waals surface area (Å²) >= 11 is 1.91. The van der Waals surface area contributed by atoms with Crippen molar-refractivity contribution in [1.82, 2.24) is 10.6 Å². The topological polar surface area (TPSA) is 70.6 Å². The number of alkyl halides is 9. The van der Waals surface area contributed by atoms with Crippen molar-refractivity contribution in [2.75, 3.05) is 0 Å². The van der Waals surface area contributed by atoms with Gasteiger partial charge in [-0.15, -0.1) is 0 Å². The van der Waals surface area contributed by atoms with E-state index in [1.54, 1.807) is 0 Å². The molecule has 1 heterocycles. The zero-order chi connectivity index (χ0) is 24.7. The molecule has 176 valence electrons. The zero-order valence-electron chi connectivity index (χ0n) is 14.6. The molecule has 0 fully saturated rings. The van der Waals surface area contributed by atoms with Gasteiger partial charge in [-0.1, -0.05) is 23.9 Å². The number of imide groups is 1. The quantitative estimate of drug-likeness (QED) is 0.439. The molecule has 2 N–H and O–H groups in total. The molecular formula is C15H6BrF10N3O2S. The summed E-state index contributed by atoms with van der Waals surface area (Å²) in [6.07, 6.45) is -19.4. The summed E-state index contributed by atoms with van der Waals surface area (Å²) in [6.45, 7) is 0. The van der Waals surface area contributed by atoms with E-state index in [2.05, 4.69) is 20.9 Å². The SMILES string of the molecule is O=C(NC(=O)c1ccccc1Br)NC1=NC(C(F)(F)F)(C(F)(F)F)/C(=C(\F)C(F)(F)F)S1. The van der Waals surface area contributed by atoms with Gasteiger partial charge in [0.15, 0.2) is 5.17 Å². The van der Waals surface area contributed by atoms with Gasteiger partial charge in [0, 0.05) is 4.47 Å². The molecule has 2 rings (SSSR count). The highest BCUT2D eigenvalue weighted by Gasteiger charge is 2.77. The van der Waals surface area contributed by atoms with Crippen molar-refractivity contribution in [3.05, 3.63) is 45.0 Å². The van der Waals surface area contributed by atoms with Crippen LogP contribution in [-0.4, -0.2) is 41.2 Å².